The van der Waals surface area contributed by atoms with Crippen molar-refractivity contribution < 1.29 is 18.0 Å². The van der Waals surface area contributed by atoms with Crippen LogP contribution in [-0.2, 0) is 19.4 Å². The highest BCUT2D eigenvalue weighted by atomic mass is 35.5. The number of halogens is 1. The first-order chi connectivity index (χ1) is 11.6. The lowest BCUT2D eigenvalue weighted by molar-refractivity contribution is -0.142. The summed E-state index contributed by atoms with van der Waals surface area (Å²) in [5.41, 5.74) is 0.364. The molecule has 8 heteroatoms. The summed E-state index contributed by atoms with van der Waals surface area (Å²) in [6, 6.07) is 4.85. The van der Waals surface area contributed by atoms with Gasteiger partial charge in [-0.15, -0.1) is 0 Å². The van der Waals surface area contributed by atoms with Crippen LogP contribution in [0.25, 0.3) is 0 Å². The summed E-state index contributed by atoms with van der Waals surface area (Å²) in [6.45, 7) is 1.87. The fourth-order valence-corrected chi connectivity index (χ4v) is 5.12. The zero-order valence-electron chi connectivity index (χ0n) is 14.2. The third kappa shape index (κ3) is 3.53. The Bertz CT molecular complexity index is 833. The van der Waals surface area contributed by atoms with Crippen LogP contribution in [0.4, 0.5) is 5.69 Å². The van der Waals surface area contributed by atoms with E-state index in [1.165, 1.54) is 4.90 Å². The molecule has 1 saturated carbocycles. The molecule has 0 aromatic heterocycles. The van der Waals surface area contributed by atoms with Gasteiger partial charge in [0, 0.05) is 23.8 Å². The van der Waals surface area contributed by atoms with Crippen LogP contribution in [0, 0.1) is 12.3 Å². The van der Waals surface area contributed by atoms with Gasteiger partial charge in [0.1, 0.15) is 5.41 Å². The maximum absolute atomic E-state index is 12.8. The molecule has 1 saturated heterocycles. The predicted octanol–water partition coefficient (Wildman–Crippen LogP) is 2.01. The summed E-state index contributed by atoms with van der Waals surface area (Å²) in [5.74, 6) is -0.591. The van der Waals surface area contributed by atoms with Crippen molar-refractivity contribution in [1.29, 1.82) is 0 Å². The van der Waals surface area contributed by atoms with Crippen molar-refractivity contribution in [2.75, 3.05) is 23.9 Å². The first-order valence-electron chi connectivity index (χ1n) is 8.20. The molecule has 1 aromatic rings. The number of hydrogen-bond acceptors (Lipinski definition) is 4. The Morgan fingerprint density at radius 3 is 2.52 bits per heavy atom. The topological polar surface area (TPSA) is 83.6 Å². The molecule has 1 N–H and O–H groups in total. The number of aryl methyl sites for hydroxylation is 1. The molecule has 3 rings (SSSR count). The lowest BCUT2D eigenvalue weighted by Crippen LogP contribution is -2.46. The molecule has 0 bridgehead atoms. The Morgan fingerprint density at radius 1 is 1.32 bits per heavy atom. The van der Waals surface area contributed by atoms with Crippen LogP contribution in [0.1, 0.15) is 24.8 Å². The van der Waals surface area contributed by atoms with Gasteiger partial charge in [-0.05, 0) is 43.9 Å². The summed E-state index contributed by atoms with van der Waals surface area (Å²) in [7, 11) is -1.50. The third-order valence-electron chi connectivity index (χ3n) is 5.10. The molecule has 136 valence electrons. The number of nitrogens with one attached hydrogen (secondary N) is 1. The van der Waals surface area contributed by atoms with Crippen LogP contribution in [0.3, 0.4) is 0 Å². The molecule has 25 heavy (non-hydrogen) atoms. The van der Waals surface area contributed by atoms with E-state index < -0.39 is 15.3 Å². The SMILES string of the molecule is Cc1ccc(NC(=O)C2(C(=O)N(C)C3CCS(=O)(=O)C3)CC2)cc1Cl. The van der Waals surface area contributed by atoms with Gasteiger partial charge in [-0.3, -0.25) is 9.59 Å². The average Bonchev–Trinajstić information content (AvgIpc) is 3.28. The number of carbonyl (C=O) groups excluding carboxylic acids is 2. The molecule has 1 heterocycles. The summed E-state index contributed by atoms with van der Waals surface area (Å²) in [4.78, 5) is 26.9. The van der Waals surface area contributed by atoms with Gasteiger partial charge in [-0.25, -0.2) is 8.42 Å². The predicted molar refractivity (Wildman–Crippen MR) is 96.3 cm³/mol. The first kappa shape index (κ1) is 18.2. The van der Waals surface area contributed by atoms with Gasteiger partial charge in [0.25, 0.3) is 0 Å². The molecule has 0 spiro atoms. The Morgan fingerprint density at radius 2 is 2.00 bits per heavy atom. The van der Waals surface area contributed by atoms with E-state index in [0.717, 1.165) is 5.56 Å². The van der Waals surface area contributed by atoms with Crippen LogP contribution < -0.4 is 5.32 Å². The van der Waals surface area contributed by atoms with Crippen molar-refractivity contribution in [2.24, 2.45) is 5.41 Å². The average molecular weight is 385 g/mol. The van der Waals surface area contributed by atoms with E-state index in [2.05, 4.69) is 5.32 Å². The highest BCUT2D eigenvalue weighted by Gasteiger charge is 2.58. The molecular weight excluding hydrogens is 364 g/mol. The number of nitrogens with zero attached hydrogens (tertiary/aromatic N) is 1. The minimum absolute atomic E-state index is 0.0273. The standard InChI is InChI=1S/C17H21ClN2O4S/c1-11-3-4-12(9-14(11)18)19-15(21)17(6-7-17)16(22)20(2)13-5-8-25(23,24)10-13/h3-4,9,13H,5-8,10H2,1-2H3,(H,19,21). The zero-order valence-corrected chi connectivity index (χ0v) is 15.8. The van der Waals surface area contributed by atoms with Crippen molar-refractivity contribution in [1.82, 2.24) is 4.90 Å². The Kier molecular flexibility index (Phi) is 4.58. The maximum Gasteiger partial charge on any atom is 0.240 e. The van der Waals surface area contributed by atoms with Gasteiger partial charge in [-0.2, -0.15) is 0 Å². The van der Waals surface area contributed by atoms with Crippen LogP contribution in [0.2, 0.25) is 5.02 Å². The minimum atomic E-state index is -3.09. The molecule has 2 fully saturated rings. The van der Waals surface area contributed by atoms with Crippen LogP contribution in [0.5, 0.6) is 0 Å². The van der Waals surface area contributed by atoms with Crippen molar-refractivity contribution in [3.8, 4) is 0 Å². The number of amides is 2. The molecule has 1 unspecified atom stereocenters. The molecule has 2 amide bonds. The normalized spacial score (nSPS) is 23.1. The number of sulfone groups is 1. The third-order valence-corrected chi connectivity index (χ3v) is 7.26. The van der Waals surface area contributed by atoms with Crippen molar-refractivity contribution >= 4 is 38.9 Å². The molecule has 1 atom stereocenters. The molecule has 6 nitrogen and oxygen atoms in total. The molecule has 1 aliphatic heterocycles. The van der Waals surface area contributed by atoms with E-state index in [1.807, 2.05) is 6.92 Å². The number of hydrogen-bond donors (Lipinski definition) is 1. The van der Waals surface area contributed by atoms with Gasteiger partial charge in [-0.1, -0.05) is 17.7 Å². The second-order valence-corrected chi connectivity index (χ2v) is 9.61. The van der Waals surface area contributed by atoms with Crippen LogP contribution in [0.15, 0.2) is 18.2 Å². The lowest BCUT2D eigenvalue weighted by Gasteiger charge is -2.27. The van der Waals surface area contributed by atoms with E-state index in [9.17, 15) is 18.0 Å². The smallest absolute Gasteiger partial charge is 0.240 e. The van der Waals surface area contributed by atoms with E-state index in [1.54, 1.807) is 25.2 Å². The highest BCUT2D eigenvalue weighted by molar-refractivity contribution is 7.91. The van der Waals surface area contributed by atoms with E-state index >= 15 is 0 Å². The lowest BCUT2D eigenvalue weighted by atomic mass is 10.0. The number of anilines is 1. The van der Waals surface area contributed by atoms with Crippen LogP contribution in [-0.4, -0.2) is 49.7 Å². The number of carbonyl (C=O) groups is 2. The monoisotopic (exact) mass is 384 g/mol. The summed E-state index contributed by atoms with van der Waals surface area (Å²) in [5, 5.41) is 3.31. The highest BCUT2D eigenvalue weighted by Crippen LogP contribution is 2.48. The van der Waals surface area contributed by atoms with Crippen molar-refractivity contribution in [3.05, 3.63) is 28.8 Å². The van der Waals surface area contributed by atoms with E-state index in [0.29, 0.717) is 30.0 Å². The van der Waals surface area contributed by atoms with E-state index in [-0.39, 0.29) is 29.4 Å². The van der Waals surface area contributed by atoms with Crippen LogP contribution >= 0.6 is 11.6 Å². The van der Waals surface area contributed by atoms with E-state index in [4.69, 9.17) is 11.6 Å². The second-order valence-electron chi connectivity index (χ2n) is 6.97. The molecular formula is C17H21ClN2O4S. The number of rotatable bonds is 4. The summed E-state index contributed by atoms with van der Waals surface area (Å²) in [6.07, 6.45) is 1.37. The molecule has 1 aliphatic carbocycles. The molecule has 1 aromatic carbocycles. The summed E-state index contributed by atoms with van der Waals surface area (Å²) >= 11 is 6.07. The fourth-order valence-electron chi connectivity index (χ4n) is 3.17. The van der Waals surface area contributed by atoms with Gasteiger partial charge >= 0.3 is 0 Å². The van der Waals surface area contributed by atoms with Gasteiger partial charge < -0.3 is 10.2 Å². The van der Waals surface area contributed by atoms with Crippen molar-refractivity contribution in [3.63, 3.8) is 0 Å². The number of benzene rings is 1. The first-order valence-corrected chi connectivity index (χ1v) is 10.4. The zero-order chi connectivity index (χ0) is 18.4. The quantitative estimate of drug-likeness (QED) is 0.805. The largest absolute Gasteiger partial charge is 0.341 e. The summed E-state index contributed by atoms with van der Waals surface area (Å²) < 4.78 is 23.3. The maximum atomic E-state index is 12.8. The van der Waals surface area contributed by atoms with Gasteiger partial charge in [0.15, 0.2) is 9.84 Å². The minimum Gasteiger partial charge on any atom is -0.341 e. The van der Waals surface area contributed by atoms with Crippen molar-refractivity contribution in [2.45, 2.75) is 32.2 Å². The Balaban J connectivity index is 1.71. The Hall–Kier alpha value is -1.60. The molecule has 0 radical (unpaired) electrons. The fraction of sp³-hybridized carbons (Fsp3) is 0.529. The molecule has 2 aliphatic rings. The van der Waals surface area contributed by atoms with Gasteiger partial charge in [0.2, 0.25) is 11.8 Å². The Labute approximate surface area is 152 Å². The second kappa shape index (κ2) is 6.29. The van der Waals surface area contributed by atoms with Gasteiger partial charge in [0.05, 0.1) is 11.5 Å².